The summed E-state index contributed by atoms with van der Waals surface area (Å²) in [5.41, 5.74) is 2.76. The maximum atomic E-state index is 5.62. The number of rotatable bonds is 4. The molecule has 0 saturated heterocycles. The molecular formula is C21H21N5O2. The average Bonchev–Trinajstić information content (AvgIpc) is 3.34. The quantitative estimate of drug-likeness (QED) is 0.303. The molecule has 4 aromatic rings. The molecule has 0 aliphatic heterocycles. The number of aliphatic imine (C=N–C) groups is 1. The normalized spacial score (nSPS) is 12.0. The van der Waals surface area contributed by atoms with E-state index in [1.807, 2.05) is 62.4 Å². The summed E-state index contributed by atoms with van der Waals surface area (Å²) in [5, 5.41) is 3.04. The summed E-state index contributed by atoms with van der Waals surface area (Å²) >= 11 is 0. The van der Waals surface area contributed by atoms with Gasteiger partial charge in [0.15, 0.2) is 16.8 Å². The van der Waals surface area contributed by atoms with Gasteiger partial charge < -0.3 is 8.83 Å². The minimum Gasteiger partial charge on any atom is -0.435 e. The van der Waals surface area contributed by atoms with E-state index in [2.05, 4.69) is 25.3 Å². The molecule has 142 valence electrons. The van der Waals surface area contributed by atoms with Crippen molar-refractivity contribution in [3.8, 4) is 0 Å². The molecule has 0 aliphatic rings. The zero-order chi connectivity index (χ0) is 19.8. The number of fused-ring (bicyclic) bond motifs is 2. The standard InChI is InChI=1S/C19H15N5O2.C2H6/c1-20-16(23-19-22-13-7-2-3-8-14(13)26-19)10-4-5-11-17-24-18-15(25-17)9-6-12-21-18;1-2/h2-12H,1H3,(H,20,22,23);1-2H3/b10-4-,11-5+;. The molecule has 0 saturated carbocycles. The molecule has 0 bridgehead atoms. The fourth-order valence-electron chi connectivity index (χ4n) is 2.35. The van der Waals surface area contributed by atoms with E-state index >= 15 is 0 Å². The Hall–Kier alpha value is -3.74. The molecule has 0 aliphatic carbocycles. The first-order chi connectivity index (χ1) is 13.8. The second kappa shape index (κ2) is 9.27. The van der Waals surface area contributed by atoms with Crippen molar-refractivity contribution in [3.05, 3.63) is 66.7 Å². The summed E-state index contributed by atoms with van der Waals surface area (Å²) in [6.45, 7) is 4.00. The van der Waals surface area contributed by atoms with Crippen LogP contribution in [0.2, 0.25) is 0 Å². The maximum Gasteiger partial charge on any atom is 0.301 e. The average molecular weight is 375 g/mol. The first kappa shape index (κ1) is 19.0. The van der Waals surface area contributed by atoms with Crippen LogP contribution in [0.15, 0.2) is 74.6 Å². The van der Waals surface area contributed by atoms with Gasteiger partial charge in [0.1, 0.15) is 11.4 Å². The van der Waals surface area contributed by atoms with Gasteiger partial charge in [-0.2, -0.15) is 9.97 Å². The van der Waals surface area contributed by atoms with Crippen LogP contribution in [0.3, 0.4) is 0 Å². The summed E-state index contributed by atoms with van der Waals surface area (Å²) in [6, 6.07) is 11.6. The molecule has 0 spiro atoms. The molecule has 1 N–H and O–H groups in total. The minimum absolute atomic E-state index is 0.394. The molecular weight excluding hydrogens is 354 g/mol. The highest BCUT2D eigenvalue weighted by Gasteiger charge is 2.05. The Morgan fingerprint density at radius 2 is 1.82 bits per heavy atom. The van der Waals surface area contributed by atoms with Crippen molar-refractivity contribution in [2.24, 2.45) is 4.99 Å². The molecule has 7 nitrogen and oxygen atoms in total. The van der Waals surface area contributed by atoms with Gasteiger partial charge in [-0.05, 0) is 30.3 Å². The van der Waals surface area contributed by atoms with Crippen molar-refractivity contribution in [1.82, 2.24) is 15.0 Å². The van der Waals surface area contributed by atoms with Crippen LogP contribution in [0, 0.1) is 0 Å². The van der Waals surface area contributed by atoms with E-state index in [0.29, 0.717) is 29.0 Å². The number of hydrogen-bond acceptors (Lipinski definition) is 6. The maximum absolute atomic E-state index is 5.62. The highest BCUT2D eigenvalue weighted by atomic mass is 16.4. The molecule has 0 fully saturated rings. The van der Waals surface area contributed by atoms with Crippen LogP contribution in [0.5, 0.6) is 0 Å². The molecule has 1 aromatic carbocycles. The van der Waals surface area contributed by atoms with Crippen molar-refractivity contribution >= 4 is 40.3 Å². The third-order valence-electron chi connectivity index (χ3n) is 3.56. The predicted molar refractivity (Wildman–Crippen MR) is 112 cm³/mol. The fraction of sp³-hybridized carbons (Fsp3) is 0.143. The van der Waals surface area contributed by atoms with E-state index in [1.165, 1.54) is 0 Å². The van der Waals surface area contributed by atoms with Gasteiger partial charge in [-0.15, -0.1) is 0 Å². The van der Waals surface area contributed by atoms with Crippen LogP contribution in [0.25, 0.3) is 28.4 Å². The van der Waals surface area contributed by atoms with Crippen LogP contribution in [0.4, 0.5) is 6.01 Å². The van der Waals surface area contributed by atoms with Crippen molar-refractivity contribution in [2.45, 2.75) is 13.8 Å². The zero-order valence-corrected chi connectivity index (χ0v) is 16.0. The van der Waals surface area contributed by atoms with Crippen LogP contribution in [0.1, 0.15) is 19.7 Å². The number of aromatic nitrogens is 3. The van der Waals surface area contributed by atoms with Crippen molar-refractivity contribution in [3.63, 3.8) is 0 Å². The Balaban J connectivity index is 0.00000109. The largest absolute Gasteiger partial charge is 0.435 e. The molecule has 0 atom stereocenters. The molecule has 3 heterocycles. The predicted octanol–water partition coefficient (Wildman–Crippen LogP) is 5.10. The van der Waals surface area contributed by atoms with Crippen LogP contribution < -0.4 is 5.32 Å². The first-order valence-electron chi connectivity index (χ1n) is 8.97. The number of nitrogens with one attached hydrogen (secondary N) is 1. The summed E-state index contributed by atoms with van der Waals surface area (Å²) < 4.78 is 11.2. The molecule has 0 amide bonds. The highest BCUT2D eigenvalue weighted by molar-refractivity contribution is 6.03. The number of amidine groups is 1. The molecule has 3 aromatic heterocycles. The number of allylic oxidation sites excluding steroid dienone is 2. The van der Waals surface area contributed by atoms with Crippen molar-refractivity contribution < 1.29 is 8.83 Å². The Morgan fingerprint density at radius 1 is 1.00 bits per heavy atom. The molecule has 0 unspecified atom stereocenters. The van der Waals surface area contributed by atoms with E-state index in [0.717, 1.165) is 11.1 Å². The summed E-state index contributed by atoms with van der Waals surface area (Å²) in [6.07, 6.45) is 8.86. The van der Waals surface area contributed by atoms with Gasteiger partial charge in [-0.3, -0.25) is 10.3 Å². The molecule has 0 radical (unpaired) electrons. The van der Waals surface area contributed by atoms with E-state index in [4.69, 9.17) is 8.83 Å². The topological polar surface area (TPSA) is 89.3 Å². The molecule has 28 heavy (non-hydrogen) atoms. The lowest BCUT2D eigenvalue weighted by molar-refractivity contribution is 0.589. The summed E-state index contributed by atoms with van der Waals surface area (Å²) in [7, 11) is 1.69. The molecule has 7 heteroatoms. The number of anilines is 1. The van der Waals surface area contributed by atoms with Gasteiger partial charge in [0.2, 0.25) is 5.89 Å². The number of pyridine rings is 1. The van der Waals surface area contributed by atoms with Crippen molar-refractivity contribution in [1.29, 1.82) is 0 Å². The van der Waals surface area contributed by atoms with E-state index < -0.39 is 0 Å². The Kier molecular flexibility index (Phi) is 6.30. The van der Waals surface area contributed by atoms with Gasteiger partial charge >= 0.3 is 6.01 Å². The smallest absolute Gasteiger partial charge is 0.301 e. The summed E-state index contributed by atoms with van der Waals surface area (Å²) in [5.74, 6) is 1.10. The third-order valence-corrected chi connectivity index (χ3v) is 3.56. The number of hydrogen-bond donors (Lipinski definition) is 1. The number of benzene rings is 1. The van der Waals surface area contributed by atoms with Gasteiger partial charge in [0.05, 0.1) is 0 Å². The Morgan fingerprint density at radius 3 is 2.61 bits per heavy atom. The second-order valence-electron chi connectivity index (χ2n) is 5.32. The SMILES string of the molecule is CC.CN=C(/C=C\C=C\c1nc2ncccc2o1)Nc1nc2ccccc2o1. The summed E-state index contributed by atoms with van der Waals surface area (Å²) in [4.78, 5) is 16.9. The van der Waals surface area contributed by atoms with Crippen LogP contribution in [-0.4, -0.2) is 27.8 Å². The first-order valence-corrected chi connectivity index (χ1v) is 8.97. The number of para-hydroxylation sites is 2. The Labute approximate surface area is 162 Å². The lowest BCUT2D eigenvalue weighted by Gasteiger charge is -1.98. The fourth-order valence-corrected chi connectivity index (χ4v) is 2.35. The van der Waals surface area contributed by atoms with Gasteiger partial charge in [-0.1, -0.05) is 38.1 Å². The van der Waals surface area contributed by atoms with E-state index in [-0.39, 0.29) is 0 Å². The lowest BCUT2D eigenvalue weighted by atomic mass is 10.3. The van der Waals surface area contributed by atoms with Gasteiger partial charge in [-0.25, -0.2) is 4.98 Å². The monoisotopic (exact) mass is 375 g/mol. The van der Waals surface area contributed by atoms with E-state index in [1.54, 1.807) is 25.4 Å². The zero-order valence-electron chi connectivity index (χ0n) is 16.0. The third kappa shape index (κ3) is 4.50. The molecule has 4 rings (SSSR count). The number of nitrogens with zero attached hydrogens (tertiary/aromatic N) is 4. The lowest BCUT2D eigenvalue weighted by Crippen LogP contribution is -2.08. The van der Waals surface area contributed by atoms with Crippen LogP contribution in [-0.2, 0) is 0 Å². The van der Waals surface area contributed by atoms with Crippen molar-refractivity contribution in [2.75, 3.05) is 12.4 Å². The van der Waals surface area contributed by atoms with Gasteiger partial charge in [0.25, 0.3) is 0 Å². The minimum atomic E-state index is 0.394. The Bertz CT molecular complexity index is 1070. The van der Waals surface area contributed by atoms with E-state index in [9.17, 15) is 0 Å². The highest BCUT2D eigenvalue weighted by Crippen LogP contribution is 2.18. The number of oxazole rings is 2. The second-order valence-corrected chi connectivity index (χ2v) is 5.32. The van der Waals surface area contributed by atoms with Crippen LogP contribution >= 0.6 is 0 Å². The van der Waals surface area contributed by atoms with Gasteiger partial charge in [0, 0.05) is 19.3 Å².